The van der Waals surface area contributed by atoms with Crippen LogP contribution in [0.4, 0.5) is 0 Å². The molecule has 0 aromatic heterocycles. The van der Waals surface area contributed by atoms with Gasteiger partial charge in [-0.2, -0.15) is 11.8 Å². The molecule has 110 valence electrons. The predicted octanol–water partition coefficient (Wildman–Crippen LogP) is 0.332. The summed E-state index contributed by atoms with van der Waals surface area (Å²) in [7, 11) is -6.50. The third-order valence-electron chi connectivity index (χ3n) is 4.47. The summed E-state index contributed by atoms with van der Waals surface area (Å²) in [6.07, 6.45) is 3.10. The van der Waals surface area contributed by atoms with E-state index in [1.54, 1.807) is 4.31 Å². The summed E-state index contributed by atoms with van der Waals surface area (Å²) in [6, 6.07) is 0. The van der Waals surface area contributed by atoms with Gasteiger partial charge in [0.2, 0.25) is 10.0 Å². The number of rotatable bonds is 2. The third-order valence-corrected chi connectivity index (χ3v) is 10.2. The highest BCUT2D eigenvalue weighted by Gasteiger charge is 2.49. The van der Waals surface area contributed by atoms with Gasteiger partial charge in [0.05, 0.1) is 11.5 Å². The molecule has 1 unspecified atom stereocenters. The van der Waals surface area contributed by atoms with Crippen LogP contribution in [0.15, 0.2) is 0 Å². The molecule has 3 heterocycles. The van der Waals surface area contributed by atoms with E-state index in [4.69, 9.17) is 0 Å². The molecule has 0 saturated carbocycles. The second-order valence-electron chi connectivity index (χ2n) is 5.98. The van der Waals surface area contributed by atoms with Gasteiger partial charge < -0.3 is 0 Å². The average molecular weight is 325 g/mol. The molecule has 0 aliphatic carbocycles. The summed E-state index contributed by atoms with van der Waals surface area (Å²) in [5, 5.41) is -0.693. The monoisotopic (exact) mass is 325 g/mol. The molecule has 8 heteroatoms. The van der Waals surface area contributed by atoms with Crippen molar-refractivity contribution in [3.05, 3.63) is 0 Å². The summed E-state index contributed by atoms with van der Waals surface area (Å²) in [6.45, 7) is 1.16. The van der Waals surface area contributed by atoms with Gasteiger partial charge in [-0.1, -0.05) is 0 Å². The topological polar surface area (TPSA) is 71.5 Å². The van der Waals surface area contributed by atoms with Gasteiger partial charge in [0.1, 0.15) is 5.25 Å². The number of nitrogens with zero attached hydrogens (tertiary/aromatic N) is 1. The predicted molar refractivity (Wildman–Crippen MR) is 76.5 cm³/mol. The highest BCUT2D eigenvalue weighted by molar-refractivity contribution is 7.99. The number of hydrogen-bond donors (Lipinski definition) is 0. The second-order valence-corrected chi connectivity index (χ2v) is 11.5. The van der Waals surface area contributed by atoms with Gasteiger partial charge in [-0.15, -0.1) is 0 Å². The summed E-state index contributed by atoms with van der Waals surface area (Å²) in [4.78, 5) is 0. The molecule has 3 saturated heterocycles. The molecule has 19 heavy (non-hydrogen) atoms. The standard InChI is InChI=1S/C11H19NO4S3/c13-18(14)6-10(7-18)19(15,16)12-4-1-2-11(8-12)3-5-17-9-11/h10H,1-9H2. The van der Waals surface area contributed by atoms with Crippen LogP contribution < -0.4 is 0 Å². The molecule has 0 aromatic carbocycles. The number of sulfone groups is 1. The Hall–Kier alpha value is 0.210. The lowest BCUT2D eigenvalue weighted by Gasteiger charge is -2.41. The summed E-state index contributed by atoms with van der Waals surface area (Å²) in [5.74, 6) is 1.79. The Kier molecular flexibility index (Phi) is 3.43. The number of sulfonamides is 1. The van der Waals surface area contributed by atoms with Crippen LogP contribution >= 0.6 is 11.8 Å². The van der Waals surface area contributed by atoms with Crippen LogP contribution in [-0.4, -0.2) is 62.5 Å². The molecular weight excluding hydrogens is 306 g/mol. The van der Waals surface area contributed by atoms with Gasteiger partial charge in [0.15, 0.2) is 9.84 Å². The van der Waals surface area contributed by atoms with Gasteiger partial charge in [0.25, 0.3) is 0 Å². The summed E-state index contributed by atoms with van der Waals surface area (Å²) >= 11 is 1.90. The van der Waals surface area contributed by atoms with E-state index in [2.05, 4.69) is 0 Å². The maximum Gasteiger partial charge on any atom is 0.219 e. The van der Waals surface area contributed by atoms with E-state index in [9.17, 15) is 16.8 Å². The fourth-order valence-corrected chi connectivity index (χ4v) is 9.70. The minimum absolute atomic E-state index is 0.151. The van der Waals surface area contributed by atoms with Gasteiger partial charge >= 0.3 is 0 Å². The van der Waals surface area contributed by atoms with Gasteiger partial charge in [-0.05, 0) is 30.4 Å². The zero-order valence-electron chi connectivity index (χ0n) is 10.7. The van der Waals surface area contributed by atoms with Crippen LogP contribution in [0, 0.1) is 5.41 Å². The molecule has 5 nitrogen and oxygen atoms in total. The lowest BCUT2D eigenvalue weighted by molar-refractivity contribution is 0.172. The minimum atomic E-state index is -3.41. The van der Waals surface area contributed by atoms with Crippen LogP contribution in [-0.2, 0) is 19.9 Å². The van der Waals surface area contributed by atoms with E-state index in [1.807, 2.05) is 11.8 Å². The Morgan fingerprint density at radius 3 is 2.53 bits per heavy atom. The SMILES string of the molecule is O=S1(=O)CC(S(=O)(=O)N2CCCC3(CCSC3)C2)C1. The van der Waals surface area contributed by atoms with Crippen LogP contribution in [0.1, 0.15) is 19.3 Å². The smallest absolute Gasteiger partial charge is 0.219 e. The van der Waals surface area contributed by atoms with E-state index < -0.39 is 25.1 Å². The first-order chi connectivity index (χ1) is 8.83. The van der Waals surface area contributed by atoms with Crippen molar-refractivity contribution in [2.45, 2.75) is 24.5 Å². The molecule has 0 bridgehead atoms. The lowest BCUT2D eigenvalue weighted by atomic mass is 9.80. The van der Waals surface area contributed by atoms with Gasteiger partial charge in [0, 0.05) is 18.8 Å². The zero-order chi connectivity index (χ0) is 13.7. The average Bonchev–Trinajstić information content (AvgIpc) is 2.74. The number of thioether (sulfide) groups is 1. The van der Waals surface area contributed by atoms with Crippen molar-refractivity contribution in [3.63, 3.8) is 0 Å². The molecule has 0 radical (unpaired) electrons. The van der Waals surface area contributed by atoms with E-state index in [0.29, 0.717) is 13.1 Å². The molecule has 3 fully saturated rings. The zero-order valence-corrected chi connectivity index (χ0v) is 13.2. The van der Waals surface area contributed by atoms with E-state index in [-0.39, 0.29) is 16.9 Å². The van der Waals surface area contributed by atoms with E-state index in [1.165, 1.54) is 0 Å². The molecule has 1 atom stereocenters. The summed E-state index contributed by atoms with van der Waals surface area (Å²) in [5.41, 5.74) is 0.151. The Morgan fingerprint density at radius 2 is 1.95 bits per heavy atom. The van der Waals surface area contributed by atoms with Crippen molar-refractivity contribution in [3.8, 4) is 0 Å². The fourth-order valence-electron chi connectivity index (χ4n) is 3.25. The Bertz CT molecular complexity index is 551. The highest BCUT2D eigenvalue weighted by Crippen LogP contribution is 2.44. The van der Waals surface area contributed by atoms with Gasteiger partial charge in [-0.3, -0.25) is 0 Å². The van der Waals surface area contributed by atoms with Crippen molar-refractivity contribution in [2.75, 3.05) is 36.1 Å². The minimum Gasteiger partial charge on any atom is -0.229 e. The largest absolute Gasteiger partial charge is 0.229 e. The third kappa shape index (κ3) is 2.56. The maximum absolute atomic E-state index is 12.5. The molecule has 3 rings (SSSR count). The number of piperidine rings is 1. The van der Waals surface area contributed by atoms with Crippen molar-refractivity contribution in [1.29, 1.82) is 0 Å². The molecule has 3 aliphatic heterocycles. The Balaban J connectivity index is 1.74. The quantitative estimate of drug-likeness (QED) is 0.732. The van der Waals surface area contributed by atoms with Crippen molar-refractivity contribution in [1.82, 2.24) is 4.31 Å². The Morgan fingerprint density at radius 1 is 1.21 bits per heavy atom. The first-order valence-corrected chi connectivity index (χ1v) is 11.1. The molecule has 0 N–H and O–H groups in total. The molecule has 1 spiro atoms. The van der Waals surface area contributed by atoms with Gasteiger partial charge in [-0.25, -0.2) is 21.1 Å². The molecule has 0 amide bonds. The molecule has 3 aliphatic rings. The normalized spacial score (nSPS) is 36.4. The fraction of sp³-hybridized carbons (Fsp3) is 1.00. The number of hydrogen-bond acceptors (Lipinski definition) is 5. The first kappa shape index (κ1) is 14.2. The molecule has 0 aromatic rings. The van der Waals surface area contributed by atoms with Crippen molar-refractivity contribution < 1.29 is 16.8 Å². The van der Waals surface area contributed by atoms with Crippen molar-refractivity contribution >= 4 is 31.6 Å². The van der Waals surface area contributed by atoms with Crippen LogP contribution in [0.3, 0.4) is 0 Å². The molecular formula is C11H19NO4S3. The van der Waals surface area contributed by atoms with Crippen LogP contribution in [0.5, 0.6) is 0 Å². The lowest BCUT2D eigenvalue weighted by Crippen LogP contribution is -2.56. The summed E-state index contributed by atoms with van der Waals surface area (Å²) < 4.78 is 48.9. The van der Waals surface area contributed by atoms with E-state index in [0.717, 1.165) is 30.8 Å². The highest BCUT2D eigenvalue weighted by atomic mass is 32.2. The maximum atomic E-state index is 12.5. The van der Waals surface area contributed by atoms with Crippen molar-refractivity contribution in [2.24, 2.45) is 5.41 Å². The first-order valence-electron chi connectivity index (χ1n) is 6.60. The van der Waals surface area contributed by atoms with E-state index >= 15 is 0 Å². The Labute approximate surface area is 119 Å². The van der Waals surface area contributed by atoms with Crippen LogP contribution in [0.25, 0.3) is 0 Å². The van der Waals surface area contributed by atoms with Crippen LogP contribution in [0.2, 0.25) is 0 Å². The second kappa shape index (κ2) is 4.61.